The van der Waals surface area contributed by atoms with Gasteiger partial charge < -0.3 is 13.7 Å². The zero-order valence-electron chi connectivity index (χ0n) is 31.0. The molecule has 0 aliphatic rings. The molecule has 0 radical (unpaired) electrons. The summed E-state index contributed by atoms with van der Waals surface area (Å²) in [5.74, 6) is 0. The summed E-state index contributed by atoms with van der Waals surface area (Å²) >= 11 is 0. The van der Waals surface area contributed by atoms with E-state index in [1.165, 1.54) is 76.5 Å². The second-order valence-corrected chi connectivity index (χ2v) is 14.9. The summed E-state index contributed by atoms with van der Waals surface area (Å²) < 4.78 is 7.32. The Balaban J connectivity index is 1.14. The molecule has 0 spiro atoms. The number of fused-ring (bicyclic) bond motifs is 9. The zero-order chi connectivity index (χ0) is 37.5. The van der Waals surface area contributed by atoms with E-state index in [1.54, 1.807) is 0 Å². The smallest absolute Gasteiger partial charge is 0.0618 e. The Labute approximate surface area is 329 Å². The fraction of sp³-hybridized carbons (Fsp3) is 0. The van der Waals surface area contributed by atoms with E-state index in [1.807, 2.05) is 0 Å². The first-order valence-electron chi connectivity index (χ1n) is 19.6. The molecule has 3 nitrogen and oxygen atoms in total. The molecule has 266 valence electrons. The maximum Gasteiger partial charge on any atom is 0.0618 e. The summed E-state index contributed by atoms with van der Waals surface area (Å²) in [6.07, 6.45) is 0. The number of para-hydroxylation sites is 7. The molecule has 0 unspecified atom stereocenters. The monoisotopic (exact) mass is 725 g/mol. The molecule has 0 bridgehead atoms. The van der Waals surface area contributed by atoms with Gasteiger partial charge in [-0.25, -0.2) is 0 Å². The molecule has 12 aromatic rings. The van der Waals surface area contributed by atoms with Crippen molar-refractivity contribution in [1.82, 2.24) is 13.7 Å². The lowest BCUT2D eigenvalue weighted by molar-refractivity contribution is 1.17. The van der Waals surface area contributed by atoms with Crippen LogP contribution in [0.15, 0.2) is 212 Å². The van der Waals surface area contributed by atoms with E-state index >= 15 is 0 Å². The maximum atomic E-state index is 2.50. The van der Waals surface area contributed by atoms with Crippen molar-refractivity contribution in [2.75, 3.05) is 0 Å². The predicted octanol–water partition coefficient (Wildman–Crippen LogP) is 14.3. The van der Waals surface area contributed by atoms with E-state index in [0.29, 0.717) is 0 Å². The number of hydrogen-bond donors (Lipinski definition) is 0. The van der Waals surface area contributed by atoms with Crippen LogP contribution in [-0.2, 0) is 0 Å². The number of aromatic nitrogens is 3. The van der Waals surface area contributed by atoms with Gasteiger partial charge in [0.25, 0.3) is 0 Å². The molecule has 0 saturated carbocycles. The number of hydrogen-bond acceptors (Lipinski definition) is 0. The minimum absolute atomic E-state index is 1.14. The molecule has 0 saturated heterocycles. The van der Waals surface area contributed by atoms with E-state index in [-0.39, 0.29) is 0 Å². The SMILES string of the molecule is c1cc(-c2cccc(-c3cccc(-n4c5ccccc5c5ccccc54)c3)c2-n2c3ccccc3c3ccccc32)cc(-n2c3ccccc3c3ccccc32)c1. The van der Waals surface area contributed by atoms with Crippen LogP contribution in [-0.4, -0.2) is 13.7 Å². The summed E-state index contributed by atoms with van der Waals surface area (Å²) in [6.45, 7) is 0. The van der Waals surface area contributed by atoms with Crippen LogP contribution >= 0.6 is 0 Å². The maximum absolute atomic E-state index is 2.50. The minimum Gasteiger partial charge on any atom is -0.309 e. The lowest BCUT2D eigenvalue weighted by Gasteiger charge is -2.20. The minimum atomic E-state index is 1.14. The molecule has 9 aromatic carbocycles. The summed E-state index contributed by atoms with van der Waals surface area (Å²) in [6, 6.07) is 77.6. The molecule has 57 heavy (non-hydrogen) atoms. The van der Waals surface area contributed by atoms with Crippen molar-refractivity contribution in [3.63, 3.8) is 0 Å². The molecule has 3 heterocycles. The molecule has 0 atom stereocenters. The number of benzene rings is 9. The van der Waals surface area contributed by atoms with Gasteiger partial charge in [-0.2, -0.15) is 0 Å². The van der Waals surface area contributed by atoms with E-state index < -0.39 is 0 Å². The molecule has 0 N–H and O–H groups in total. The van der Waals surface area contributed by atoms with E-state index in [4.69, 9.17) is 0 Å². The van der Waals surface area contributed by atoms with Gasteiger partial charge in [0.2, 0.25) is 0 Å². The molecule has 0 aliphatic carbocycles. The number of nitrogens with zero attached hydrogens (tertiary/aromatic N) is 3. The largest absolute Gasteiger partial charge is 0.309 e. The van der Waals surface area contributed by atoms with Crippen LogP contribution < -0.4 is 0 Å². The zero-order valence-corrected chi connectivity index (χ0v) is 31.0. The Kier molecular flexibility index (Phi) is 6.93. The Morgan fingerprint density at radius 1 is 0.228 bits per heavy atom. The predicted molar refractivity (Wildman–Crippen MR) is 240 cm³/mol. The standard InChI is InChI=1S/C54H35N3/c1-7-28-48-42(20-1)43-21-2-8-29-49(43)55(48)38-18-13-16-36(34-38)40-26-15-27-41(54(40)57-52-32-11-5-24-46(52)47-25-6-12-33-53(47)57)37-17-14-19-39(35-37)56-50-30-9-3-22-44(50)45-23-4-10-31-51(45)56/h1-35H. The van der Waals surface area contributed by atoms with Crippen LogP contribution in [0.1, 0.15) is 0 Å². The summed E-state index contributed by atoms with van der Waals surface area (Å²) in [4.78, 5) is 0. The van der Waals surface area contributed by atoms with Crippen molar-refractivity contribution >= 4 is 65.4 Å². The molecular formula is C54H35N3. The van der Waals surface area contributed by atoms with Gasteiger partial charge in [-0.1, -0.05) is 152 Å². The molecule has 0 fully saturated rings. The first kappa shape index (κ1) is 31.7. The second kappa shape index (κ2) is 12.5. The van der Waals surface area contributed by atoms with Gasteiger partial charge in [-0.3, -0.25) is 0 Å². The lowest BCUT2D eigenvalue weighted by atomic mass is 9.94. The highest BCUT2D eigenvalue weighted by molar-refractivity contribution is 6.12. The van der Waals surface area contributed by atoms with Gasteiger partial charge >= 0.3 is 0 Å². The average Bonchev–Trinajstić information content (AvgIpc) is 3.92. The topological polar surface area (TPSA) is 14.8 Å². The highest BCUT2D eigenvalue weighted by atomic mass is 15.0. The van der Waals surface area contributed by atoms with Gasteiger partial charge in [0.1, 0.15) is 0 Å². The van der Waals surface area contributed by atoms with Crippen LogP contribution in [0.2, 0.25) is 0 Å². The molecule has 0 amide bonds. The van der Waals surface area contributed by atoms with Crippen LogP contribution in [0, 0.1) is 0 Å². The Morgan fingerprint density at radius 3 is 0.842 bits per heavy atom. The van der Waals surface area contributed by atoms with Gasteiger partial charge in [0, 0.05) is 54.8 Å². The summed E-state index contributed by atoms with van der Waals surface area (Å²) in [5, 5.41) is 7.52. The fourth-order valence-electron chi connectivity index (χ4n) is 9.44. The van der Waals surface area contributed by atoms with E-state index in [0.717, 1.165) is 28.2 Å². The summed E-state index contributed by atoms with van der Waals surface area (Å²) in [7, 11) is 0. The van der Waals surface area contributed by atoms with Crippen LogP contribution in [0.5, 0.6) is 0 Å². The van der Waals surface area contributed by atoms with Crippen molar-refractivity contribution in [1.29, 1.82) is 0 Å². The van der Waals surface area contributed by atoms with Crippen molar-refractivity contribution < 1.29 is 0 Å². The number of rotatable bonds is 5. The molecule has 3 aromatic heterocycles. The molecule has 12 rings (SSSR count). The summed E-state index contributed by atoms with van der Waals surface area (Å²) in [5.41, 5.74) is 15.3. The fourth-order valence-corrected chi connectivity index (χ4v) is 9.44. The molecule has 0 aliphatic heterocycles. The quantitative estimate of drug-likeness (QED) is 0.168. The average molecular weight is 726 g/mol. The Bertz CT molecular complexity index is 3200. The second-order valence-electron chi connectivity index (χ2n) is 14.9. The highest BCUT2D eigenvalue weighted by Gasteiger charge is 2.21. The normalized spacial score (nSPS) is 11.9. The van der Waals surface area contributed by atoms with Crippen LogP contribution in [0.4, 0.5) is 0 Å². The Morgan fingerprint density at radius 2 is 0.509 bits per heavy atom. The van der Waals surface area contributed by atoms with Crippen molar-refractivity contribution in [3.05, 3.63) is 212 Å². The molecular weight excluding hydrogens is 691 g/mol. The van der Waals surface area contributed by atoms with E-state index in [2.05, 4.69) is 226 Å². The highest BCUT2D eigenvalue weighted by Crippen LogP contribution is 2.43. The van der Waals surface area contributed by atoms with Crippen molar-refractivity contribution in [2.45, 2.75) is 0 Å². The van der Waals surface area contributed by atoms with Crippen LogP contribution in [0.3, 0.4) is 0 Å². The van der Waals surface area contributed by atoms with Crippen molar-refractivity contribution in [2.24, 2.45) is 0 Å². The first-order chi connectivity index (χ1) is 28.3. The molecule has 3 heteroatoms. The third-order valence-corrected chi connectivity index (χ3v) is 11.8. The lowest BCUT2D eigenvalue weighted by Crippen LogP contribution is -2.02. The Hall–Kier alpha value is -7.62. The van der Waals surface area contributed by atoms with Crippen LogP contribution in [0.25, 0.3) is 105 Å². The third-order valence-electron chi connectivity index (χ3n) is 11.8. The first-order valence-corrected chi connectivity index (χ1v) is 19.6. The van der Waals surface area contributed by atoms with Crippen molar-refractivity contribution in [3.8, 4) is 39.3 Å². The van der Waals surface area contributed by atoms with Gasteiger partial charge in [0.15, 0.2) is 0 Å². The van der Waals surface area contributed by atoms with Gasteiger partial charge in [-0.15, -0.1) is 0 Å². The van der Waals surface area contributed by atoms with Gasteiger partial charge in [-0.05, 0) is 71.8 Å². The van der Waals surface area contributed by atoms with Gasteiger partial charge in [0.05, 0.1) is 38.8 Å². The third kappa shape index (κ3) is 4.73. The van der Waals surface area contributed by atoms with E-state index in [9.17, 15) is 0 Å².